The summed E-state index contributed by atoms with van der Waals surface area (Å²) in [4.78, 5) is 32.4. The lowest BCUT2D eigenvalue weighted by atomic mass is 9.86. The summed E-state index contributed by atoms with van der Waals surface area (Å²) in [5, 5.41) is 0.445. The molecule has 1 unspecified atom stereocenters. The molecule has 0 bridgehead atoms. The lowest BCUT2D eigenvalue weighted by Gasteiger charge is -2.41. The first-order valence-electron chi connectivity index (χ1n) is 10.00. The number of primary amides is 1. The molecular formula is C20H29ClN4O3. The van der Waals surface area contributed by atoms with E-state index in [1.165, 1.54) is 19.0 Å². The van der Waals surface area contributed by atoms with Crippen LogP contribution in [0, 0.1) is 5.92 Å². The molecule has 2 saturated heterocycles. The number of methoxy groups -OCH3 is 1. The Kier molecular flexibility index (Phi) is 7.13. The van der Waals surface area contributed by atoms with Crippen LogP contribution in [0.2, 0.25) is 5.02 Å². The highest BCUT2D eigenvalue weighted by Gasteiger charge is 2.34. The second-order valence-electron chi connectivity index (χ2n) is 7.65. The molecule has 0 radical (unpaired) electrons. The molecule has 1 atom stereocenters. The first kappa shape index (κ1) is 20.9. The van der Waals surface area contributed by atoms with Crippen molar-refractivity contribution in [3.63, 3.8) is 0 Å². The molecule has 7 nitrogen and oxygen atoms in total. The van der Waals surface area contributed by atoms with E-state index in [0.717, 1.165) is 45.3 Å². The summed E-state index contributed by atoms with van der Waals surface area (Å²) in [5.74, 6) is 0.731. The van der Waals surface area contributed by atoms with Gasteiger partial charge in [-0.05, 0) is 37.7 Å². The summed E-state index contributed by atoms with van der Waals surface area (Å²) in [7, 11) is 1.57. The Hall–Kier alpha value is -1.86. The van der Waals surface area contributed by atoms with Crippen LogP contribution in [0.1, 0.15) is 48.9 Å². The second kappa shape index (κ2) is 9.56. The van der Waals surface area contributed by atoms with Crippen LogP contribution in [-0.2, 0) is 9.53 Å². The number of anilines is 1. The van der Waals surface area contributed by atoms with Gasteiger partial charge < -0.3 is 20.3 Å². The zero-order valence-corrected chi connectivity index (χ0v) is 17.2. The monoisotopic (exact) mass is 408 g/mol. The first-order valence-corrected chi connectivity index (χ1v) is 10.4. The number of amides is 2. The van der Waals surface area contributed by atoms with Gasteiger partial charge in [-0.2, -0.15) is 0 Å². The minimum absolute atomic E-state index is 0.101. The van der Waals surface area contributed by atoms with E-state index in [0.29, 0.717) is 22.3 Å². The largest absolute Gasteiger partial charge is 0.375 e. The molecule has 2 N–H and O–H groups in total. The maximum absolute atomic E-state index is 12.5. The van der Waals surface area contributed by atoms with Crippen molar-refractivity contribution in [2.45, 2.75) is 44.6 Å². The SMILES string of the molecule is COCC(=O)N1CCCCCC1C1CCN(c2ncc(C(N)=O)cc2Cl)CC1. The highest BCUT2D eigenvalue weighted by Crippen LogP contribution is 2.33. The molecule has 2 aliphatic heterocycles. The molecule has 0 spiro atoms. The molecule has 2 aliphatic rings. The van der Waals surface area contributed by atoms with Crippen molar-refractivity contribution >= 4 is 29.2 Å². The van der Waals surface area contributed by atoms with Gasteiger partial charge in [0, 0.05) is 39.0 Å². The normalized spacial score (nSPS) is 21.4. The van der Waals surface area contributed by atoms with Crippen molar-refractivity contribution in [1.29, 1.82) is 0 Å². The van der Waals surface area contributed by atoms with E-state index < -0.39 is 5.91 Å². The fourth-order valence-electron chi connectivity index (χ4n) is 4.43. The summed E-state index contributed by atoms with van der Waals surface area (Å²) in [6.45, 7) is 2.64. The molecule has 28 heavy (non-hydrogen) atoms. The molecule has 0 saturated carbocycles. The quantitative estimate of drug-likeness (QED) is 0.808. The minimum Gasteiger partial charge on any atom is -0.375 e. The van der Waals surface area contributed by atoms with Crippen molar-refractivity contribution in [2.24, 2.45) is 11.7 Å². The minimum atomic E-state index is -0.533. The molecule has 1 aromatic rings. The average molecular weight is 409 g/mol. The predicted octanol–water partition coefficient (Wildman–Crippen LogP) is 2.47. The fourth-order valence-corrected chi connectivity index (χ4v) is 4.72. The average Bonchev–Trinajstić information content (AvgIpc) is 2.94. The van der Waals surface area contributed by atoms with Crippen molar-refractivity contribution in [2.75, 3.05) is 38.3 Å². The van der Waals surface area contributed by atoms with E-state index in [9.17, 15) is 9.59 Å². The summed E-state index contributed by atoms with van der Waals surface area (Å²) >= 11 is 6.33. The van der Waals surface area contributed by atoms with Gasteiger partial charge in [0.2, 0.25) is 11.8 Å². The number of aromatic nitrogens is 1. The van der Waals surface area contributed by atoms with Crippen LogP contribution in [0.4, 0.5) is 5.82 Å². The molecule has 3 heterocycles. The van der Waals surface area contributed by atoms with E-state index in [2.05, 4.69) is 14.8 Å². The van der Waals surface area contributed by atoms with Crippen LogP contribution >= 0.6 is 11.6 Å². The fraction of sp³-hybridized carbons (Fsp3) is 0.650. The third-order valence-corrected chi connectivity index (χ3v) is 6.16. The second-order valence-corrected chi connectivity index (χ2v) is 8.06. The number of nitrogens with zero attached hydrogens (tertiary/aromatic N) is 3. The van der Waals surface area contributed by atoms with E-state index in [1.54, 1.807) is 13.2 Å². The summed E-state index contributed by atoms with van der Waals surface area (Å²) in [6.07, 6.45) is 7.92. The highest BCUT2D eigenvalue weighted by atomic mass is 35.5. The standard InChI is InChI=1S/C20H29ClN4O3/c1-28-13-18(26)25-8-4-2-3-5-17(25)14-6-9-24(10-7-14)20-16(21)11-15(12-23-20)19(22)27/h11-12,14,17H,2-10,13H2,1H3,(H2,22,27). The zero-order valence-electron chi connectivity index (χ0n) is 16.4. The molecule has 0 aliphatic carbocycles. The van der Waals surface area contributed by atoms with Crippen molar-refractivity contribution < 1.29 is 14.3 Å². The zero-order chi connectivity index (χ0) is 20.1. The predicted molar refractivity (Wildman–Crippen MR) is 109 cm³/mol. The van der Waals surface area contributed by atoms with Gasteiger partial charge in [0.15, 0.2) is 0 Å². The Morgan fingerprint density at radius 1 is 1.21 bits per heavy atom. The molecule has 3 rings (SSSR count). The highest BCUT2D eigenvalue weighted by molar-refractivity contribution is 6.33. The number of likely N-dealkylation sites (tertiary alicyclic amines) is 1. The number of halogens is 1. The number of carbonyl (C=O) groups is 2. The molecule has 1 aromatic heterocycles. The van der Waals surface area contributed by atoms with E-state index >= 15 is 0 Å². The number of piperidine rings is 1. The Morgan fingerprint density at radius 2 is 1.96 bits per heavy atom. The molecule has 2 fully saturated rings. The van der Waals surface area contributed by atoms with Crippen LogP contribution in [0.25, 0.3) is 0 Å². The van der Waals surface area contributed by atoms with E-state index in [-0.39, 0.29) is 18.6 Å². The number of nitrogens with two attached hydrogens (primary N) is 1. The Bertz CT molecular complexity index is 707. The Morgan fingerprint density at radius 3 is 2.61 bits per heavy atom. The van der Waals surface area contributed by atoms with Crippen LogP contribution in [0.5, 0.6) is 0 Å². The van der Waals surface area contributed by atoms with Gasteiger partial charge in [-0.15, -0.1) is 0 Å². The maximum atomic E-state index is 12.5. The number of hydrogen-bond acceptors (Lipinski definition) is 5. The number of rotatable bonds is 5. The van der Waals surface area contributed by atoms with Crippen molar-refractivity contribution in [3.05, 3.63) is 22.8 Å². The van der Waals surface area contributed by atoms with Gasteiger partial charge in [0.05, 0.1) is 10.6 Å². The number of ether oxygens (including phenoxy) is 1. The maximum Gasteiger partial charge on any atom is 0.250 e. The van der Waals surface area contributed by atoms with Crippen molar-refractivity contribution in [3.8, 4) is 0 Å². The van der Waals surface area contributed by atoms with Crippen LogP contribution in [-0.4, -0.2) is 61.1 Å². The number of hydrogen-bond donors (Lipinski definition) is 1. The Balaban J connectivity index is 1.66. The lowest BCUT2D eigenvalue weighted by molar-refractivity contribution is -0.138. The summed E-state index contributed by atoms with van der Waals surface area (Å²) < 4.78 is 5.09. The van der Waals surface area contributed by atoms with E-state index in [4.69, 9.17) is 22.1 Å². The molecular weight excluding hydrogens is 380 g/mol. The van der Waals surface area contributed by atoms with Crippen LogP contribution in [0.3, 0.4) is 0 Å². The van der Waals surface area contributed by atoms with Gasteiger partial charge in [0.25, 0.3) is 0 Å². The van der Waals surface area contributed by atoms with Crippen LogP contribution in [0.15, 0.2) is 12.3 Å². The van der Waals surface area contributed by atoms with Gasteiger partial charge >= 0.3 is 0 Å². The van der Waals surface area contributed by atoms with Crippen molar-refractivity contribution in [1.82, 2.24) is 9.88 Å². The molecule has 154 valence electrons. The molecule has 8 heteroatoms. The smallest absolute Gasteiger partial charge is 0.250 e. The molecule has 2 amide bonds. The van der Waals surface area contributed by atoms with Gasteiger partial charge in [-0.1, -0.05) is 24.4 Å². The van der Waals surface area contributed by atoms with Gasteiger partial charge in [-0.25, -0.2) is 4.98 Å². The van der Waals surface area contributed by atoms with Gasteiger partial charge in [0.1, 0.15) is 12.4 Å². The number of pyridine rings is 1. The Labute approximate surface area is 171 Å². The third kappa shape index (κ3) is 4.75. The summed E-state index contributed by atoms with van der Waals surface area (Å²) in [6, 6.07) is 1.86. The third-order valence-electron chi connectivity index (χ3n) is 5.88. The first-order chi connectivity index (χ1) is 13.5. The van der Waals surface area contributed by atoms with Crippen LogP contribution < -0.4 is 10.6 Å². The molecule has 0 aromatic carbocycles. The van der Waals surface area contributed by atoms with E-state index in [1.807, 2.05) is 0 Å². The summed E-state index contributed by atoms with van der Waals surface area (Å²) in [5.41, 5.74) is 5.61. The number of carbonyl (C=O) groups excluding carboxylic acids is 2. The topological polar surface area (TPSA) is 88.8 Å². The lowest BCUT2D eigenvalue weighted by Crippen LogP contribution is -2.49. The van der Waals surface area contributed by atoms with Gasteiger partial charge in [-0.3, -0.25) is 9.59 Å².